The molecule has 2 aliphatic carbocycles. The molecule has 1 fully saturated rings. The average Bonchev–Trinajstić information content (AvgIpc) is 3.10. The zero-order valence-electron chi connectivity index (χ0n) is 13.5. The van der Waals surface area contributed by atoms with Gasteiger partial charge in [0, 0.05) is 34.9 Å². The Morgan fingerprint density at radius 2 is 2.08 bits per heavy atom. The van der Waals surface area contributed by atoms with Crippen LogP contribution < -0.4 is 0 Å². The van der Waals surface area contributed by atoms with Crippen molar-refractivity contribution in [3.05, 3.63) is 65.1 Å². The fourth-order valence-corrected chi connectivity index (χ4v) is 3.86. The van der Waals surface area contributed by atoms with Crippen molar-refractivity contribution in [2.24, 2.45) is 5.92 Å². The van der Waals surface area contributed by atoms with Crippen LogP contribution in [0, 0.1) is 17.6 Å². The third-order valence-corrected chi connectivity index (χ3v) is 5.17. The Balaban J connectivity index is 1.56. The number of fused-ring (bicyclic) bond motifs is 3. The summed E-state index contributed by atoms with van der Waals surface area (Å²) in [5.41, 5.74) is 2.58. The van der Waals surface area contributed by atoms with Gasteiger partial charge in [-0.05, 0) is 43.0 Å². The number of nitrogens with zero attached hydrogens (tertiary/aromatic N) is 3. The van der Waals surface area contributed by atoms with Crippen molar-refractivity contribution in [2.75, 3.05) is 0 Å². The normalized spacial score (nSPS) is 19.9. The zero-order chi connectivity index (χ0) is 18.0. The molecule has 130 valence electrons. The van der Waals surface area contributed by atoms with E-state index in [1.165, 1.54) is 18.3 Å². The molecule has 2 aliphatic rings. The molecule has 2 atom stereocenters. The van der Waals surface area contributed by atoms with Crippen LogP contribution in [0.5, 0.6) is 0 Å². The molecule has 0 saturated heterocycles. The molecule has 0 bridgehead atoms. The second kappa shape index (κ2) is 5.20. The molecule has 0 spiro atoms. The molecular formula is C19H13F2N3O2. The van der Waals surface area contributed by atoms with Crippen LogP contribution in [0.3, 0.4) is 0 Å². The summed E-state index contributed by atoms with van der Waals surface area (Å²) in [7, 11) is 0. The SMILES string of the molecule is O=C(O)c1nn(-c2ccc(-c3ccc(F)cc3F)cn2)c2c1C[C@@H]1C[C@H]21. The minimum absolute atomic E-state index is 0.0858. The second-order valence-corrected chi connectivity index (χ2v) is 6.76. The molecule has 0 aliphatic heterocycles. The second-order valence-electron chi connectivity index (χ2n) is 6.76. The van der Waals surface area contributed by atoms with Crippen LogP contribution in [-0.4, -0.2) is 25.8 Å². The lowest BCUT2D eigenvalue weighted by atomic mass is 10.1. The number of rotatable bonds is 3. The first-order chi connectivity index (χ1) is 12.5. The smallest absolute Gasteiger partial charge is 0.356 e. The van der Waals surface area contributed by atoms with E-state index in [0.717, 1.165) is 30.2 Å². The highest BCUT2D eigenvalue weighted by atomic mass is 19.1. The van der Waals surface area contributed by atoms with Gasteiger partial charge < -0.3 is 5.11 Å². The first kappa shape index (κ1) is 15.2. The molecule has 1 N–H and O–H groups in total. The van der Waals surface area contributed by atoms with E-state index in [1.807, 2.05) is 0 Å². The van der Waals surface area contributed by atoms with E-state index in [2.05, 4.69) is 10.1 Å². The van der Waals surface area contributed by atoms with Crippen LogP contribution in [0.1, 0.15) is 34.1 Å². The average molecular weight is 353 g/mol. The third kappa shape index (κ3) is 2.16. The molecule has 2 aromatic heterocycles. The lowest BCUT2D eigenvalue weighted by Crippen LogP contribution is -2.05. The van der Waals surface area contributed by atoms with Crippen LogP contribution in [0.4, 0.5) is 8.78 Å². The van der Waals surface area contributed by atoms with E-state index in [0.29, 0.717) is 23.2 Å². The predicted octanol–water partition coefficient (Wildman–Crippen LogP) is 3.57. The Kier molecular flexibility index (Phi) is 3.04. The topological polar surface area (TPSA) is 68.0 Å². The number of aromatic nitrogens is 3. The van der Waals surface area contributed by atoms with Gasteiger partial charge in [0.05, 0.1) is 5.69 Å². The van der Waals surface area contributed by atoms with Crippen molar-refractivity contribution in [3.63, 3.8) is 0 Å². The number of halogens is 2. The fraction of sp³-hybridized carbons (Fsp3) is 0.211. The largest absolute Gasteiger partial charge is 0.476 e. The van der Waals surface area contributed by atoms with Crippen molar-refractivity contribution in [1.82, 2.24) is 14.8 Å². The summed E-state index contributed by atoms with van der Waals surface area (Å²) in [5, 5.41) is 13.6. The Hall–Kier alpha value is -3.09. The summed E-state index contributed by atoms with van der Waals surface area (Å²) in [6, 6.07) is 6.73. The quantitative estimate of drug-likeness (QED) is 0.782. The molecule has 26 heavy (non-hydrogen) atoms. The van der Waals surface area contributed by atoms with Gasteiger partial charge in [0.2, 0.25) is 0 Å². The summed E-state index contributed by atoms with van der Waals surface area (Å²) < 4.78 is 28.6. The molecule has 1 saturated carbocycles. The zero-order valence-corrected chi connectivity index (χ0v) is 13.5. The standard InChI is InChI=1S/C19H13F2N3O2/c20-11-2-3-12(15(21)7-11)9-1-4-16(22-8-9)24-18-13-5-10(13)6-14(18)17(23-24)19(25)26/h1-4,7-8,10,13H,5-6H2,(H,25,26)/t10-,13-/m0/s1. The van der Waals surface area contributed by atoms with Crippen molar-refractivity contribution < 1.29 is 18.7 Å². The molecule has 0 amide bonds. The van der Waals surface area contributed by atoms with Crippen LogP contribution in [0.25, 0.3) is 16.9 Å². The van der Waals surface area contributed by atoms with Gasteiger partial charge in [0.15, 0.2) is 11.5 Å². The minimum atomic E-state index is -1.04. The first-order valence-corrected chi connectivity index (χ1v) is 8.30. The molecule has 5 nitrogen and oxygen atoms in total. The Bertz CT molecular complexity index is 1060. The monoisotopic (exact) mass is 353 g/mol. The van der Waals surface area contributed by atoms with Gasteiger partial charge in [0.1, 0.15) is 11.6 Å². The van der Waals surface area contributed by atoms with Gasteiger partial charge in [-0.1, -0.05) is 0 Å². The van der Waals surface area contributed by atoms with E-state index in [4.69, 9.17) is 0 Å². The highest BCUT2D eigenvalue weighted by Gasteiger charge is 2.50. The summed E-state index contributed by atoms with van der Waals surface area (Å²) in [5.74, 6) is -0.975. The lowest BCUT2D eigenvalue weighted by Gasteiger charge is -2.07. The predicted molar refractivity (Wildman–Crippen MR) is 88.2 cm³/mol. The number of benzene rings is 1. The number of carboxylic acids is 1. The van der Waals surface area contributed by atoms with Crippen LogP contribution in [0.2, 0.25) is 0 Å². The van der Waals surface area contributed by atoms with Crippen molar-refractivity contribution >= 4 is 5.97 Å². The lowest BCUT2D eigenvalue weighted by molar-refractivity contribution is 0.0688. The van der Waals surface area contributed by atoms with Gasteiger partial charge in [-0.3, -0.25) is 0 Å². The molecule has 0 radical (unpaired) electrons. The van der Waals surface area contributed by atoms with E-state index in [9.17, 15) is 18.7 Å². The van der Waals surface area contributed by atoms with Gasteiger partial charge in [-0.25, -0.2) is 23.2 Å². The molecule has 5 rings (SSSR count). The molecule has 0 unspecified atom stereocenters. The number of aromatic carboxylic acids is 1. The van der Waals surface area contributed by atoms with Crippen molar-refractivity contribution in [2.45, 2.75) is 18.8 Å². The summed E-state index contributed by atoms with van der Waals surface area (Å²) in [6.45, 7) is 0. The molecule has 7 heteroatoms. The molecule has 2 heterocycles. The van der Waals surface area contributed by atoms with Gasteiger partial charge >= 0.3 is 5.97 Å². The minimum Gasteiger partial charge on any atom is -0.476 e. The highest BCUT2D eigenvalue weighted by molar-refractivity contribution is 5.88. The molecular weight excluding hydrogens is 340 g/mol. The summed E-state index contributed by atoms with van der Waals surface area (Å²) in [6.07, 6.45) is 3.29. The highest BCUT2D eigenvalue weighted by Crippen LogP contribution is 2.57. The number of hydrogen-bond acceptors (Lipinski definition) is 3. The van der Waals surface area contributed by atoms with Crippen LogP contribution in [-0.2, 0) is 6.42 Å². The third-order valence-electron chi connectivity index (χ3n) is 5.17. The Morgan fingerprint density at radius 1 is 1.23 bits per heavy atom. The first-order valence-electron chi connectivity index (χ1n) is 8.30. The van der Waals surface area contributed by atoms with Gasteiger partial charge in [-0.2, -0.15) is 5.10 Å². The van der Waals surface area contributed by atoms with Gasteiger partial charge in [0.25, 0.3) is 0 Å². The maximum atomic E-state index is 13.9. The number of carbonyl (C=O) groups is 1. The Morgan fingerprint density at radius 3 is 2.77 bits per heavy atom. The summed E-state index contributed by atoms with van der Waals surface area (Å²) in [4.78, 5) is 15.8. The fourth-order valence-electron chi connectivity index (χ4n) is 3.86. The van der Waals surface area contributed by atoms with Crippen molar-refractivity contribution in [3.8, 4) is 16.9 Å². The van der Waals surface area contributed by atoms with Crippen LogP contribution in [0.15, 0.2) is 36.5 Å². The molecule has 1 aromatic carbocycles. The number of hydrogen-bond donors (Lipinski definition) is 1. The molecule has 3 aromatic rings. The number of pyridine rings is 1. The van der Waals surface area contributed by atoms with E-state index in [-0.39, 0.29) is 11.3 Å². The van der Waals surface area contributed by atoms with Crippen LogP contribution >= 0.6 is 0 Å². The number of carboxylic acid groups (broad SMARTS) is 1. The Labute approximate surface area is 146 Å². The van der Waals surface area contributed by atoms with E-state index >= 15 is 0 Å². The maximum absolute atomic E-state index is 13.9. The van der Waals surface area contributed by atoms with E-state index in [1.54, 1.807) is 16.8 Å². The van der Waals surface area contributed by atoms with Gasteiger partial charge in [-0.15, -0.1) is 0 Å². The maximum Gasteiger partial charge on any atom is 0.356 e. The summed E-state index contributed by atoms with van der Waals surface area (Å²) >= 11 is 0. The van der Waals surface area contributed by atoms with E-state index < -0.39 is 17.6 Å². The van der Waals surface area contributed by atoms with Crippen molar-refractivity contribution in [1.29, 1.82) is 0 Å².